The van der Waals surface area contributed by atoms with Crippen LogP contribution in [0, 0.1) is 0 Å². The van der Waals surface area contributed by atoms with Gasteiger partial charge in [0, 0.05) is 51.8 Å². The number of hydrogen-bond donors (Lipinski definition) is 1. The number of nitrogens with zero attached hydrogens (tertiary/aromatic N) is 3. The van der Waals surface area contributed by atoms with Gasteiger partial charge in [-0.2, -0.15) is 0 Å². The standard InChI is InChI=1S/C12H13N3O2.C8H16O2/c16-9-7-8(13-1-2-13)12(17)11(15-5-6-15)10(9)14-3-4-14;1-2-3-4-5-6-7-8(9)10/h7H,1-6H2;2-7H2,1H3,(H,9,10). The maximum absolute atomic E-state index is 12.4. The summed E-state index contributed by atoms with van der Waals surface area (Å²) >= 11 is 0. The summed E-state index contributed by atoms with van der Waals surface area (Å²) in [5.74, 6) is -0.621. The van der Waals surface area contributed by atoms with Crippen LogP contribution in [-0.2, 0) is 14.4 Å². The third-order valence-corrected chi connectivity index (χ3v) is 4.98. The minimum Gasteiger partial charge on any atom is -0.481 e. The van der Waals surface area contributed by atoms with Crippen LogP contribution in [0.1, 0.15) is 45.4 Å². The van der Waals surface area contributed by atoms with E-state index in [9.17, 15) is 14.4 Å². The summed E-state index contributed by atoms with van der Waals surface area (Å²) in [4.78, 5) is 40.5. The van der Waals surface area contributed by atoms with E-state index in [4.69, 9.17) is 5.11 Å². The van der Waals surface area contributed by atoms with Crippen LogP contribution >= 0.6 is 0 Å². The molecule has 0 aromatic carbocycles. The molecule has 1 N–H and O–H groups in total. The lowest BCUT2D eigenvalue weighted by atomic mass is 10.0. The average molecular weight is 375 g/mol. The molecule has 3 aliphatic heterocycles. The minimum absolute atomic E-state index is 0.00546. The van der Waals surface area contributed by atoms with Crippen molar-refractivity contribution in [1.29, 1.82) is 0 Å². The van der Waals surface area contributed by atoms with Crippen molar-refractivity contribution < 1.29 is 19.5 Å². The van der Waals surface area contributed by atoms with Gasteiger partial charge >= 0.3 is 5.97 Å². The van der Waals surface area contributed by atoms with Crippen molar-refractivity contribution in [2.24, 2.45) is 0 Å². The number of aliphatic carboxylic acids is 1. The van der Waals surface area contributed by atoms with E-state index in [2.05, 4.69) is 6.92 Å². The second-order valence-electron chi connectivity index (χ2n) is 7.44. The zero-order valence-corrected chi connectivity index (χ0v) is 16.1. The summed E-state index contributed by atoms with van der Waals surface area (Å²) in [6, 6.07) is 0. The molecule has 7 heteroatoms. The van der Waals surface area contributed by atoms with Crippen LogP contribution in [0.4, 0.5) is 0 Å². The molecule has 1 aliphatic carbocycles. The van der Waals surface area contributed by atoms with E-state index in [0.717, 1.165) is 52.1 Å². The molecular formula is C20H29N3O4. The van der Waals surface area contributed by atoms with Gasteiger partial charge in [-0.1, -0.05) is 32.6 Å². The highest BCUT2D eigenvalue weighted by Gasteiger charge is 2.43. The molecule has 3 fully saturated rings. The number of ketones is 2. The van der Waals surface area contributed by atoms with Gasteiger partial charge in [-0.3, -0.25) is 14.4 Å². The zero-order chi connectivity index (χ0) is 19.4. The maximum Gasteiger partial charge on any atom is 0.303 e. The molecule has 0 aromatic rings. The molecule has 0 bridgehead atoms. The largest absolute Gasteiger partial charge is 0.481 e. The fourth-order valence-corrected chi connectivity index (χ4v) is 3.16. The van der Waals surface area contributed by atoms with Gasteiger partial charge in [-0.15, -0.1) is 0 Å². The second-order valence-corrected chi connectivity index (χ2v) is 7.44. The normalized spacial score (nSPS) is 20.3. The molecule has 0 aromatic heterocycles. The van der Waals surface area contributed by atoms with Crippen LogP contribution in [0.2, 0.25) is 0 Å². The Hall–Kier alpha value is -2.31. The molecule has 0 unspecified atom stereocenters. The minimum atomic E-state index is -0.670. The molecule has 3 heterocycles. The summed E-state index contributed by atoms with van der Waals surface area (Å²) in [6.45, 7) is 7.56. The van der Waals surface area contributed by atoms with Gasteiger partial charge in [0.25, 0.3) is 0 Å². The van der Waals surface area contributed by atoms with Crippen LogP contribution < -0.4 is 0 Å². The zero-order valence-electron chi connectivity index (χ0n) is 16.1. The van der Waals surface area contributed by atoms with Crippen molar-refractivity contribution in [2.75, 3.05) is 39.3 Å². The number of carbonyl (C=O) groups is 3. The number of allylic oxidation sites excluding steroid dienone is 1. The van der Waals surface area contributed by atoms with Crippen molar-refractivity contribution in [1.82, 2.24) is 14.7 Å². The Morgan fingerprint density at radius 3 is 1.96 bits per heavy atom. The monoisotopic (exact) mass is 375 g/mol. The molecule has 4 aliphatic rings. The molecular weight excluding hydrogens is 346 g/mol. The number of carbonyl (C=O) groups excluding carboxylic acids is 2. The highest BCUT2D eigenvalue weighted by molar-refractivity contribution is 6.22. The molecule has 0 radical (unpaired) electrons. The first-order valence-corrected chi connectivity index (χ1v) is 10.0. The van der Waals surface area contributed by atoms with Crippen molar-refractivity contribution in [3.8, 4) is 0 Å². The second kappa shape index (κ2) is 8.59. The molecule has 3 saturated heterocycles. The third kappa shape index (κ3) is 5.34. The first-order chi connectivity index (χ1) is 13.0. The average Bonchev–Trinajstić information content (AvgIpc) is 3.49. The van der Waals surface area contributed by atoms with E-state index in [0.29, 0.717) is 23.5 Å². The lowest BCUT2D eigenvalue weighted by molar-refractivity contribution is -0.137. The summed E-state index contributed by atoms with van der Waals surface area (Å²) in [5.41, 5.74) is 1.89. The Labute approximate surface area is 160 Å². The third-order valence-electron chi connectivity index (χ3n) is 4.98. The first-order valence-electron chi connectivity index (χ1n) is 10.0. The Morgan fingerprint density at radius 2 is 1.44 bits per heavy atom. The van der Waals surface area contributed by atoms with E-state index in [1.54, 1.807) is 0 Å². The predicted molar refractivity (Wildman–Crippen MR) is 101 cm³/mol. The van der Waals surface area contributed by atoms with Crippen LogP contribution in [0.5, 0.6) is 0 Å². The molecule has 148 valence electrons. The van der Waals surface area contributed by atoms with Crippen molar-refractivity contribution in [2.45, 2.75) is 45.4 Å². The molecule has 0 spiro atoms. The van der Waals surface area contributed by atoms with Crippen LogP contribution in [-0.4, -0.2) is 76.6 Å². The number of Topliss-reactive ketones (excluding diaryl/α,β-unsaturated/α-hetero) is 1. The Morgan fingerprint density at radius 1 is 0.889 bits per heavy atom. The van der Waals surface area contributed by atoms with Crippen LogP contribution in [0.25, 0.3) is 0 Å². The van der Waals surface area contributed by atoms with Gasteiger partial charge < -0.3 is 19.8 Å². The Bertz CT molecular complexity index is 671. The molecule has 27 heavy (non-hydrogen) atoms. The maximum atomic E-state index is 12.4. The molecule has 0 saturated carbocycles. The predicted octanol–water partition coefficient (Wildman–Crippen LogP) is 1.61. The van der Waals surface area contributed by atoms with E-state index in [-0.39, 0.29) is 11.6 Å². The summed E-state index contributed by atoms with van der Waals surface area (Å²) in [5, 5.41) is 8.27. The van der Waals surface area contributed by atoms with Crippen LogP contribution in [0.3, 0.4) is 0 Å². The quantitative estimate of drug-likeness (QED) is 0.372. The van der Waals surface area contributed by atoms with E-state index >= 15 is 0 Å². The van der Waals surface area contributed by atoms with Gasteiger partial charge in [0.05, 0.1) is 5.70 Å². The summed E-state index contributed by atoms with van der Waals surface area (Å²) in [7, 11) is 0. The van der Waals surface area contributed by atoms with Crippen LogP contribution in [0.15, 0.2) is 23.2 Å². The lowest BCUT2D eigenvalue weighted by Crippen LogP contribution is -2.29. The van der Waals surface area contributed by atoms with Gasteiger partial charge in [0.1, 0.15) is 11.4 Å². The highest BCUT2D eigenvalue weighted by atomic mass is 16.4. The number of hydrogen-bond acceptors (Lipinski definition) is 6. The molecule has 0 atom stereocenters. The lowest BCUT2D eigenvalue weighted by Gasteiger charge is -2.21. The number of rotatable bonds is 9. The van der Waals surface area contributed by atoms with Crippen molar-refractivity contribution in [3.05, 3.63) is 23.2 Å². The van der Waals surface area contributed by atoms with E-state index in [1.165, 1.54) is 25.3 Å². The first kappa shape index (κ1) is 19.5. The van der Waals surface area contributed by atoms with Gasteiger partial charge in [-0.05, 0) is 6.42 Å². The molecule has 4 rings (SSSR count). The summed E-state index contributed by atoms with van der Waals surface area (Å²) in [6.07, 6.45) is 7.41. The number of unbranched alkanes of at least 4 members (excludes halogenated alkanes) is 4. The van der Waals surface area contributed by atoms with E-state index < -0.39 is 5.97 Å². The van der Waals surface area contributed by atoms with Gasteiger partial charge in [0.2, 0.25) is 11.6 Å². The van der Waals surface area contributed by atoms with Gasteiger partial charge in [-0.25, -0.2) is 0 Å². The fraction of sp³-hybridized carbons (Fsp3) is 0.650. The van der Waals surface area contributed by atoms with E-state index in [1.807, 2.05) is 14.7 Å². The number of carboxylic acid groups (broad SMARTS) is 1. The van der Waals surface area contributed by atoms with Crippen molar-refractivity contribution in [3.63, 3.8) is 0 Å². The molecule has 0 amide bonds. The Kier molecular flexibility index (Phi) is 6.19. The smallest absolute Gasteiger partial charge is 0.303 e. The molecule has 7 nitrogen and oxygen atoms in total. The Balaban J connectivity index is 0.000000183. The van der Waals surface area contributed by atoms with Gasteiger partial charge in [0.15, 0.2) is 0 Å². The SMILES string of the molecule is CCCCCCCC(=O)O.O=C1C=C(N2CC2)C(=O)C(N2CC2)=C1N1CC1. The fourth-order valence-electron chi connectivity index (χ4n) is 3.16. The number of carboxylic acids is 1. The van der Waals surface area contributed by atoms with Crippen molar-refractivity contribution >= 4 is 17.5 Å². The summed E-state index contributed by atoms with van der Waals surface area (Å²) < 4.78 is 0. The highest BCUT2D eigenvalue weighted by Crippen LogP contribution is 2.33. The topological polar surface area (TPSA) is 80.5 Å².